The molecule has 1 heterocycles. The third kappa shape index (κ3) is 3.30. The first-order valence-electron chi connectivity index (χ1n) is 8.36. The minimum absolute atomic E-state index is 0.208. The molecule has 0 amide bonds. The predicted octanol–water partition coefficient (Wildman–Crippen LogP) is 3.70. The first-order valence-corrected chi connectivity index (χ1v) is 8.36. The fraction of sp³-hybridized carbons (Fsp3) is 0.350. The second-order valence-corrected chi connectivity index (χ2v) is 6.13. The number of benzene rings is 2. The molecule has 3 nitrogen and oxygen atoms in total. The van der Waals surface area contributed by atoms with Crippen molar-refractivity contribution < 1.29 is 4.79 Å². The molecule has 0 bridgehead atoms. The molecule has 1 aliphatic heterocycles. The van der Waals surface area contributed by atoms with E-state index in [1.54, 1.807) is 0 Å². The molecule has 0 aliphatic carbocycles. The van der Waals surface area contributed by atoms with E-state index in [4.69, 9.17) is 0 Å². The van der Waals surface area contributed by atoms with Crippen LogP contribution in [0.2, 0.25) is 0 Å². The van der Waals surface area contributed by atoms with E-state index in [1.807, 2.05) is 37.3 Å². The summed E-state index contributed by atoms with van der Waals surface area (Å²) in [6, 6.07) is 16.4. The summed E-state index contributed by atoms with van der Waals surface area (Å²) < 4.78 is 0. The van der Waals surface area contributed by atoms with Crippen LogP contribution in [0.15, 0.2) is 48.5 Å². The van der Waals surface area contributed by atoms with E-state index in [0.717, 1.165) is 42.9 Å². The Bertz CT molecular complexity index is 673. The molecule has 1 fully saturated rings. The Morgan fingerprint density at radius 3 is 2.30 bits per heavy atom. The van der Waals surface area contributed by atoms with Gasteiger partial charge in [-0.2, -0.15) is 0 Å². The van der Waals surface area contributed by atoms with Gasteiger partial charge in [0.25, 0.3) is 0 Å². The van der Waals surface area contributed by atoms with E-state index in [1.165, 1.54) is 5.69 Å². The molecule has 2 aromatic carbocycles. The van der Waals surface area contributed by atoms with Crippen LogP contribution in [-0.4, -0.2) is 43.9 Å². The van der Waals surface area contributed by atoms with E-state index in [-0.39, 0.29) is 5.78 Å². The van der Waals surface area contributed by atoms with Gasteiger partial charge in [0.05, 0.1) is 0 Å². The fourth-order valence-electron chi connectivity index (χ4n) is 3.18. The van der Waals surface area contributed by atoms with Gasteiger partial charge in [-0.1, -0.05) is 49.4 Å². The summed E-state index contributed by atoms with van der Waals surface area (Å²) in [4.78, 5) is 17.2. The van der Waals surface area contributed by atoms with E-state index < -0.39 is 0 Å². The molecule has 120 valence electrons. The summed E-state index contributed by atoms with van der Waals surface area (Å²) in [7, 11) is 2.16. The Kier molecular flexibility index (Phi) is 4.77. The molecule has 3 rings (SSSR count). The third-order valence-corrected chi connectivity index (χ3v) is 4.57. The predicted molar refractivity (Wildman–Crippen MR) is 96.2 cm³/mol. The number of carbonyl (C=O) groups excluding carboxylic acids is 1. The highest BCUT2D eigenvalue weighted by molar-refractivity contribution is 6.05. The second kappa shape index (κ2) is 6.97. The lowest BCUT2D eigenvalue weighted by Gasteiger charge is -2.35. The number of carbonyl (C=O) groups is 1. The number of rotatable bonds is 4. The van der Waals surface area contributed by atoms with Gasteiger partial charge in [0.2, 0.25) is 0 Å². The Labute approximate surface area is 138 Å². The van der Waals surface area contributed by atoms with Crippen LogP contribution < -0.4 is 4.90 Å². The number of Topliss-reactive ketones (excluding diaryl/α,β-unsaturated/α-hetero) is 1. The number of nitrogens with zero attached hydrogens (tertiary/aromatic N) is 2. The average molecular weight is 308 g/mol. The summed E-state index contributed by atoms with van der Waals surface area (Å²) in [5.74, 6) is 0.208. The normalized spacial score (nSPS) is 15.7. The van der Waals surface area contributed by atoms with E-state index in [2.05, 4.69) is 35.0 Å². The zero-order valence-corrected chi connectivity index (χ0v) is 14.0. The maximum atomic E-state index is 12.5. The van der Waals surface area contributed by atoms with Crippen LogP contribution in [0.1, 0.15) is 23.7 Å². The number of piperazine rings is 1. The highest BCUT2D eigenvalue weighted by Crippen LogP contribution is 2.35. The van der Waals surface area contributed by atoms with Gasteiger partial charge in [-0.25, -0.2) is 0 Å². The van der Waals surface area contributed by atoms with E-state index in [0.29, 0.717) is 6.42 Å². The molecular formula is C20H24N2O. The molecule has 0 radical (unpaired) electrons. The molecule has 0 atom stereocenters. The fourth-order valence-corrected chi connectivity index (χ4v) is 3.18. The third-order valence-electron chi connectivity index (χ3n) is 4.57. The van der Waals surface area contributed by atoms with Crippen molar-refractivity contribution in [3.63, 3.8) is 0 Å². The van der Waals surface area contributed by atoms with Crippen LogP contribution in [0.25, 0.3) is 11.1 Å². The lowest BCUT2D eigenvalue weighted by atomic mass is 9.93. The number of hydrogen-bond donors (Lipinski definition) is 0. The van der Waals surface area contributed by atoms with Gasteiger partial charge in [-0.15, -0.1) is 0 Å². The number of anilines is 1. The minimum Gasteiger partial charge on any atom is -0.368 e. The van der Waals surface area contributed by atoms with Crippen LogP contribution in [-0.2, 0) is 0 Å². The largest absolute Gasteiger partial charge is 0.368 e. The van der Waals surface area contributed by atoms with Crippen molar-refractivity contribution in [3.05, 3.63) is 54.1 Å². The molecule has 0 spiro atoms. The van der Waals surface area contributed by atoms with Gasteiger partial charge in [-0.05, 0) is 18.7 Å². The van der Waals surface area contributed by atoms with Crippen LogP contribution in [0.3, 0.4) is 0 Å². The van der Waals surface area contributed by atoms with Crippen LogP contribution >= 0.6 is 0 Å². The van der Waals surface area contributed by atoms with Crippen molar-refractivity contribution in [1.82, 2.24) is 4.90 Å². The smallest absolute Gasteiger partial charge is 0.163 e. The first kappa shape index (κ1) is 15.8. The summed E-state index contributed by atoms with van der Waals surface area (Å²) in [6.45, 7) is 6.04. The zero-order chi connectivity index (χ0) is 16.2. The lowest BCUT2D eigenvalue weighted by Crippen LogP contribution is -2.44. The Morgan fingerprint density at radius 1 is 0.957 bits per heavy atom. The molecular weight excluding hydrogens is 284 g/mol. The molecule has 3 heteroatoms. The van der Waals surface area contributed by atoms with Crippen molar-refractivity contribution in [2.24, 2.45) is 0 Å². The molecule has 0 aromatic heterocycles. The topological polar surface area (TPSA) is 23.6 Å². The van der Waals surface area contributed by atoms with Crippen molar-refractivity contribution in [1.29, 1.82) is 0 Å². The molecule has 2 aromatic rings. The Morgan fingerprint density at radius 2 is 1.65 bits per heavy atom. The highest BCUT2D eigenvalue weighted by Gasteiger charge is 2.21. The lowest BCUT2D eigenvalue weighted by molar-refractivity contribution is 0.0989. The maximum absolute atomic E-state index is 12.5. The van der Waals surface area contributed by atoms with Crippen LogP contribution in [0.5, 0.6) is 0 Å². The quantitative estimate of drug-likeness (QED) is 0.805. The number of hydrogen-bond acceptors (Lipinski definition) is 3. The van der Waals surface area contributed by atoms with Crippen LogP contribution in [0, 0.1) is 0 Å². The minimum atomic E-state index is 0.208. The molecule has 1 saturated heterocycles. The second-order valence-electron chi connectivity index (χ2n) is 6.13. The SMILES string of the molecule is CCC(=O)c1cccc(N2CCN(C)CC2)c1-c1ccccc1. The molecule has 0 N–H and O–H groups in total. The Hall–Kier alpha value is -2.13. The van der Waals surface area contributed by atoms with Gasteiger partial charge in [0, 0.05) is 49.4 Å². The molecule has 0 unspecified atom stereocenters. The number of likely N-dealkylation sites (N-methyl/N-ethyl adjacent to an activating group) is 1. The van der Waals surface area contributed by atoms with E-state index in [9.17, 15) is 4.79 Å². The van der Waals surface area contributed by atoms with Gasteiger partial charge in [0.1, 0.15) is 0 Å². The highest BCUT2D eigenvalue weighted by atomic mass is 16.1. The maximum Gasteiger partial charge on any atom is 0.163 e. The molecule has 23 heavy (non-hydrogen) atoms. The molecule has 1 aliphatic rings. The monoisotopic (exact) mass is 308 g/mol. The van der Waals surface area contributed by atoms with Gasteiger partial charge < -0.3 is 9.80 Å². The van der Waals surface area contributed by atoms with Crippen molar-refractivity contribution in [2.45, 2.75) is 13.3 Å². The first-order chi connectivity index (χ1) is 11.2. The summed E-state index contributed by atoms with van der Waals surface area (Å²) in [5.41, 5.74) is 4.24. The zero-order valence-electron chi connectivity index (χ0n) is 14.0. The summed E-state index contributed by atoms with van der Waals surface area (Å²) >= 11 is 0. The van der Waals surface area contributed by atoms with Crippen molar-refractivity contribution in [3.8, 4) is 11.1 Å². The van der Waals surface area contributed by atoms with Crippen molar-refractivity contribution in [2.75, 3.05) is 38.1 Å². The average Bonchev–Trinajstić information content (AvgIpc) is 2.62. The summed E-state index contributed by atoms with van der Waals surface area (Å²) in [5, 5.41) is 0. The standard InChI is InChI=1S/C20H24N2O/c1-3-19(23)17-10-7-11-18(22-14-12-21(2)13-15-22)20(17)16-8-5-4-6-9-16/h4-11H,3,12-15H2,1-2H3. The van der Waals surface area contributed by atoms with Gasteiger partial charge >= 0.3 is 0 Å². The summed E-state index contributed by atoms with van der Waals surface area (Å²) in [6.07, 6.45) is 0.534. The van der Waals surface area contributed by atoms with Crippen LogP contribution in [0.4, 0.5) is 5.69 Å². The number of ketones is 1. The Balaban J connectivity index is 2.10. The van der Waals surface area contributed by atoms with Gasteiger partial charge in [0.15, 0.2) is 5.78 Å². The van der Waals surface area contributed by atoms with E-state index >= 15 is 0 Å². The molecule has 0 saturated carbocycles. The van der Waals surface area contributed by atoms with Gasteiger partial charge in [-0.3, -0.25) is 4.79 Å². The van der Waals surface area contributed by atoms with Crippen molar-refractivity contribution >= 4 is 11.5 Å².